The first-order chi connectivity index (χ1) is 13.0. The summed E-state index contributed by atoms with van der Waals surface area (Å²) in [7, 11) is -3.41. The molecule has 0 unspecified atom stereocenters. The zero-order valence-corrected chi connectivity index (χ0v) is 16.5. The molecule has 0 bridgehead atoms. The van der Waals surface area contributed by atoms with Crippen molar-refractivity contribution < 1.29 is 17.6 Å². The van der Waals surface area contributed by atoms with Crippen molar-refractivity contribution in [3.63, 3.8) is 0 Å². The van der Waals surface area contributed by atoms with Crippen LogP contribution in [0.4, 0.5) is 0 Å². The summed E-state index contributed by atoms with van der Waals surface area (Å²) in [6, 6.07) is 3.38. The standard InChI is InChI=1S/C17H22N4O4S2/c22-15(20-7-1-2-8-20)12-14-18-19-17(25-14)13-5-9-21(10-6-13)27(23,24)16-4-3-11-26-16/h3-4,11,13H,1-2,5-10,12H2. The summed E-state index contributed by atoms with van der Waals surface area (Å²) < 4.78 is 32.8. The Morgan fingerprint density at radius 1 is 1.19 bits per heavy atom. The van der Waals surface area contributed by atoms with E-state index in [-0.39, 0.29) is 18.2 Å². The average Bonchev–Trinajstić information content (AvgIpc) is 3.43. The molecule has 2 aromatic rings. The fourth-order valence-electron chi connectivity index (χ4n) is 3.59. The highest BCUT2D eigenvalue weighted by Gasteiger charge is 2.32. The fraction of sp³-hybridized carbons (Fsp3) is 0.588. The molecule has 0 atom stereocenters. The second-order valence-corrected chi connectivity index (χ2v) is 10.0. The molecular formula is C17H22N4O4S2. The lowest BCUT2D eigenvalue weighted by atomic mass is 9.98. The first-order valence-electron chi connectivity index (χ1n) is 9.18. The van der Waals surface area contributed by atoms with E-state index in [2.05, 4.69) is 10.2 Å². The lowest BCUT2D eigenvalue weighted by molar-refractivity contribution is -0.129. The molecule has 0 spiro atoms. The minimum Gasteiger partial charge on any atom is -0.424 e. The van der Waals surface area contributed by atoms with E-state index in [9.17, 15) is 13.2 Å². The van der Waals surface area contributed by atoms with Gasteiger partial charge in [-0.15, -0.1) is 21.5 Å². The lowest BCUT2D eigenvalue weighted by Crippen LogP contribution is -2.37. The summed E-state index contributed by atoms with van der Waals surface area (Å²) >= 11 is 1.23. The smallest absolute Gasteiger partial charge is 0.252 e. The molecule has 10 heteroatoms. The predicted octanol–water partition coefficient (Wildman–Crippen LogP) is 1.86. The molecule has 2 aromatic heterocycles. The maximum atomic E-state index is 12.6. The van der Waals surface area contributed by atoms with Crippen LogP contribution >= 0.6 is 11.3 Å². The van der Waals surface area contributed by atoms with Crippen LogP contribution in [0, 0.1) is 0 Å². The van der Waals surface area contributed by atoms with Gasteiger partial charge in [-0.25, -0.2) is 8.42 Å². The highest BCUT2D eigenvalue weighted by Crippen LogP contribution is 2.31. The molecule has 0 aromatic carbocycles. The third-order valence-electron chi connectivity index (χ3n) is 5.14. The Hall–Kier alpha value is -1.78. The zero-order chi connectivity index (χ0) is 18.9. The molecule has 2 saturated heterocycles. The molecule has 2 fully saturated rings. The molecule has 1 amide bonds. The maximum Gasteiger partial charge on any atom is 0.252 e. The number of rotatable bonds is 5. The van der Waals surface area contributed by atoms with Crippen molar-refractivity contribution in [2.45, 2.75) is 42.2 Å². The van der Waals surface area contributed by atoms with Crippen LogP contribution in [0.15, 0.2) is 26.1 Å². The molecule has 2 aliphatic heterocycles. The van der Waals surface area contributed by atoms with E-state index in [1.54, 1.807) is 17.5 Å². The Morgan fingerprint density at radius 2 is 1.93 bits per heavy atom. The van der Waals surface area contributed by atoms with Crippen LogP contribution in [0.3, 0.4) is 0 Å². The van der Waals surface area contributed by atoms with E-state index in [4.69, 9.17) is 4.42 Å². The molecule has 0 N–H and O–H groups in total. The fourth-order valence-corrected chi connectivity index (χ4v) is 6.21. The number of amides is 1. The number of likely N-dealkylation sites (tertiary alicyclic amines) is 1. The van der Waals surface area contributed by atoms with Crippen molar-refractivity contribution in [3.05, 3.63) is 29.3 Å². The van der Waals surface area contributed by atoms with Gasteiger partial charge in [0.1, 0.15) is 10.6 Å². The largest absolute Gasteiger partial charge is 0.424 e. The molecule has 0 saturated carbocycles. The second kappa shape index (κ2) is 7.69. The third kappa shape index (κ3) is 3.92. The van der Waals surface area contributed by atoms with Gasteiger partial charge in [0.15, 0.2) is 0 Å². The molecule has 8 nitrogen and oxygen atoms in total. The van der Waals surface area contributed by atoms with Gasteiger partial charge in [0.25, 0.3) is 10.0 Å². The van der Waals surface area contributed by atoms with Gasteiger partial charge in [-0.2, -0.15) is 4.31 Å². The maximum absolute atomic E-state index is 12.6. The number of carbonyl (C=O) groups excluding carboxylic acids is 1. The minimum absolute atomic E-state index is 0.0274. The van der Waals surface area contributed by atoms with Gasteiger partial charge < -0.3 is 9.32 Å². The number of sulfonamides is 1. The van der Waals surface area contributed by atoms with Crippen LogP contribution in [0.25, 0.3) is 0 Å². The van der Waals surface area contributed by atoms with Crippen LogP contribution in [0.2, 0.25) is 0 Å². The number of nitrogens with zero attached hydrogens (tertiary/aromatic N) is 4. The predicted molar refractivity (Wildman–Crippen MR) is 98.9 cm³/mol. The number of hydrogen-bond donors (Lipinski definition) is 0. The van der Waals surface area contributed by atoms with Crippen LogP contribution in [-0.4, -0.2) is 59.9 Å². The summed E-state index contributed by atoms with van der Waals surface area (Å²) in [5.41, 5.74) is 0. The number of aromatic nitrogens is 2. The van der Waals surface area contributed by atoms with E-state index in [1.165, 1.54) is 15.6 Å². The Kier molecular flexibility index (Phi) is 5.29. The van der Waals surface area contributed by atoms with Gasteiger partial charge in [0.2, 0.25) is 17.7 Å². The number of piperidine rings is 1. The normalized spacial score (nSPS) is 19.6. The van der Waals surface area contributed by atoms with Gasteiger partial charge >= 0.3 is 0 Å². The summed E-state index contributed by atoms with van der Waals surface area (Å²) in [6.07, 6.45) is 3.50. The molecular weight excluding hydrogens is 388 g/mol. The highest BCUT2D eigenvalue weighted by atomic mass is 32.2. The van der Waals surface area contributed by atoms with Crippen LogP contribution in [0.1, 0.15) is 43.4 Å². The van der Waals surface area contributed by atoms with Crippen LogP contribution in [-0.2, 0) is 21.2 Å². The van der Waals surface area contributed by atoms with Crippen molar-refractivity contribution >= 4 is 27.3 Å². The zero-order valence-electron chi connectivity index (χ0n) is 14.9. The Balaban J connectivity index is 1.35. The van der Waals surface area contributed by atoms with Gasteiger partial charge in [-0.1, -0.05) is 6.07 Å². The summed E-state index contributed by atoms with van der Waals surface area (Å²) in [6.45, 7) is 2.46. The van der Waals surface area contributed by atoms with Gasteiger partial charge in [0, 0.05) is 32.1 Å². The summed E-state index contributed by atoms with van der Waals surface area (Å²) in [5.74, 6) is 0.908. The molecule has 4 heterocycles. The lowest BCUT2D eigenvalue weighted by Gasteiger charge is -2.29. The molecule has 0 radical (unpaired) electrons. The van der Waals surface area contributed by atoms with Crippen molar-refractivity contribution in [3.8, 4) is 0 Å². The van der Waals surface area contributed by atoms with Gasteiger partial charge in [-0.3, -0.25) is 4.79 Å². The van der Waals surface area contributed by atoms with Crippen LogP contribution < -0.4 is 0 Å². The number of carbonyl (C=O) groups is 1. The van der Waals surface area contributed by atoms with E-state index in [0.29, 0.717) is 41.9 Å². The van der Waals surface area contributed by atoms with Crippen molar-refractivity contribution in [1.29, 1.82) is 0 Å². The van der Waals surface area contributed by atoms with Gasteiger partial charge in [-0.05, 0) is 37.1 Å². The molecule has 4 rings (SSSR count). The molecule has 0 aliphatic carbocycles. The average molecular weight is 411 g/mol. The first-order valence-corrected chi connectivity index (χ1v) is 11.5. The van der Waals surface area contributed by atoms with Crippen molar-refractivity contribution in [1.82, 2.24) is 19.4 Å². The van der Waals surface area contributed by atoms with Crippen molar-refractivity contribution in [2.24, 2.45) is 0 Å². The molecule has 27 heavy (non-hydrogen) atoms. The second-order valence-electron chi connectivity index (χ2n) is 6.91. The van der Waals surface area contributed by atoms with E-state index in [1.807, 2.05) is 4.90 Å². The van der Waals surface area contributed by atoms with Gasteiger partial charge in [0.05, 0.1) is 0 Å². The van der Waals surface area contributed by atoms with E-state index >= 15 is 0 Å². The first kappa shape index (κ1) is 18.6. The number of thiophene rings is 1. The van der Waals surface area contributed by atoms with Crippen molar-refractivity contribution in [2.75, 3.05) is 26.2 Å². The Labute approximate surface area is 162 Å². The highest BCUT2D eigenvalue weighted by molar-refractivity contribution is 7.91. The van der Waals surface area contributed by atoms with Crippen LogP contribution in [0.5, 0.6) is 0 Å². The number of hydrogen-bond acceptors (Lipinski definition) is 7. The topological polar surface area (TPSA) is 96.6 Å². The Morgan fingerprint density at radius 3 is 2.59 bits per heavy atom. The quantitative estimate of drug-likeness (QED) is 0.746. The third-order valence-corrected chi connectivity index (χ3v) is 8.41. The van der Waals surface area contributed by atoms with E-state index < -0.39 is 10.0 Å². The molecule has 146 valence electrons. The Bertz CT molecular complexity index is 880. The molecule has 2 aliphatic rings. The monoisotopic (exact) mass is 410 g/mol. The summed E-state index contributed by atoms with van der Waals surface area (Å²) in [4.78, 5) is 14.0. The van der Waals surface area contributed by atoms with E-state index in [0.717, 1.165) is 25.9 Å². The SMILES string of the molecule is O=C(Cc1nnc(C2CCN(S(=O)(=O)c3cccs3)CC2)o1)N1CCCC1. The summed E-state index contributed by atoms with van der Waals surface area (Å²) in [5, 5.41) is 9.89. The minimum atomic E-state index is -3.41.